The summed E-state index contributed by atoms with van der Waals surface area (Å²) in [5.74, 6) is -0.135. The van der Waals surface area contributed by atoms with Crippen molar-refractivity contribution in [1.29, 1.82) is 0 Å². The van der Waals surface area contributed by atoms with Gasteiger partial charge in [-0.05, 0) is 30.7 Å². The zero-order valence-corrected chi connectivity index (χ0v) is 11.5. The first-order valence-corrected chi connectivity index (χ1v) is 6.75. The summed E-state index contributed by atoms with van der Waals surface area (Å²) in [6, 6.07) is 9.66. The second-order valence-electron chi connectivity index (χ2n) is 4.40. The van der Waals surface area contributed by atoms with E-state index in [-0.39, 0.29) is 5.91 Å². The van der Waals surface area contributed by atoms with Gasteiger partial charge >= 0.3 is 0 Å². The molecule has 0 saturated carbocycles. The number of amides is 1. The molecule has 5 heteroatoms. The van der Waals surface area contributed by atoms with Gasteiger partial charge in [-0.2, -0.15) is 0 Å². The quantitative estimate of drug-likeness (QED) is 0.778. The molecule has 0 bridgehead atoms. The Morgan fingerprint density at radius 3 is 2.84 bits per heavy atom. The largest absolute Gasteiger partial charge is 0.347 e. The summed E-state index contributed by atoms with van der Waals surface area (Å²) in [6.07, 6.45) is 1.84. The maximum atomic E-state index is 12.1. The molecule has 3 aromatic rings. The maximum Gasteiger partial charge on any atom is 0.274 e. The highest BCUT2D eigenvalue weighted by molar-refractivity contribution is 7.22. The lowest BCUT2D eigenvalue weighted by Gasteiger charge is -2.02. The number of fused-ring (bicyclic) bond motifs is 1. The Morgan fingerprint density at radius 1 is 1.32 bits per heavy atom. The van der Waals surface area contributed by atoms with E-state index in [1.54, 1.807) is 10.6 Å². The van der Waals surface area contributed by atoms with Crippen LogP contribution in [0.4, 0.5) is 5.13 Å². The normalized spacial score (nSPS) is 10.8. The number of nitrogens with zero attached hydrogens (tertiary/aromatic N) is 2. The minimum Gasteiger partial charge on any atom is -0.347 e. The van der Waals surface area contributed by atoms with Crippen molar-refractivity contribution in [2.45, 2.75) is 6.92 Å². The summed E-state index contributed by atoms with van der Waals surface area (Å²) in [7, 11) is 1.84. The molecule has 96 valence electrons. The average Bonchev–Trinajstić information content (AvgIpc) is 2.95. The molecular weight excluding hydrogens is 258 g/mol. The van der Waals surface area contributed by atoms with Crippen LogP contribution in [0.1, 0.15) is 16.1 Å². The predicted molar refractivity (Wildman–Crippen MR) is 77.7 cm³/mol. The number of aromatic nitrogens is 2. The molecule has 0 aliphatic heterocycles. The third-order valence-corrected chi connectivity index (χ3v) is 3.95. The fourth-order valence-corrected chi connectivity index (χ4v) is 2.94. The molecule has 19 heavy (non-hydrogen) atoms. The third kappa shape index (κ3) is 2.13. The maximum absolute atomic E-state index is 12.1. The second kappa shape index (κ2) is 4.51. The molecule has 3 rings (SSSR count). The van der Waals surface area contributed by atoms with Crippen molar-refractivity contribution in [2.75, 3.05) is 5.32 Å². The van der Waals surface area contributed by atoms with E-state index < -0.39 is 0 Å². The summed E-state index contributed by atoms with van der Waals surface area (Å²) in [6.45, 7) is 2.02. The molecule has 1 amide bonds. The Hall–Kier alpha value is -2.14. The van der Waals surface area contributed by atoms with Gasteiger partial charge < -0.3 is 4.57 Å². The lowest BCUT2D eigenvalue weighted by Crippen LogP contribution is -2.15. The fraction of sp³-hybridized carbons (Fsp3) is 0.143. The Bertz CT molecular complexity index is 757. The zero-order chi connectivity index (χ0) is 13.4. The number of anilines is 1. The molecule has 0 spiro atoms. The number of rotatable bonds is 2. The Labute approximate surface area is 114 Å². The molecule has 0 unspecified atom stereocenters. The van der Waals surface area contributed by atoms with Gasteiger partial charge in [-0.15, -0.1) is 0 Å². The topological polar surface area (TPSA) is 46.9 Å². The van der Waals surface area contributed by atoms with Crippen molar-refractivity contribution in [3.8, 4) is 0 Å². The molecule has 0 aliphatic rings. The summed E-state index contributed by atoms with van der Waals surface area (Å²) in [5.41, 5.74) is 2.69. The highest BCUT2D eigenvalue weighted by Gasteiger charge is 2.12. The minimum absolute atomic E-state index is 0.135. The SMILES string of the molecule is Cc1cccc2sc(NC(=O)c3cccn3C)nc12. The van der Waals surface area contributed by atoms with Crippen LogP contribution in [0, 0.1) is 6.92 Å². The van der Waals surface area contributed by atoms with Crippen LogP contribution in [0.3, 0.4) is 0 Å². The van der Waals surface area contributed by atoms with Gasteiger partial charge in [0.1, 0.15) is 5.69 Å². The molecule has 2 heterocycles. The molecule has 0 aliphatic carbocycles. The number of thiazole rings is 1. The fourth-order valence-electron chi connectivity index (χ4n) is 2.00. The van der Waals surface area contributed by atoms with Crippen molar-refractivity contribution in [3.05, 3.63) is 47.8 Å². The molecule has 0 fully saturated rings. The zero-order valence-electron chi connectivity index (χ0n) is 10.7. The van der Waals surface area contributed by atoms with Crippen LogP contribution in [0.5, 0.6) is 0 Å². The van der Waals surface area contributed by atoms with Crippen LogP contribution < -0.4 is 5.32 Å². The van der Waals surface area contributed by atoms with Crippen molar-refractivity contribution in [3.63, 3.8) is 0 Å². The van der Waals surface area contributed by atoms with Crippen LogP contribution in [0.15, 0.2) is 36.5 Å². The molecular formula is C14H13N3OS. The molecule has 4 nitrogen and oxygen atoms in total. The van der Waals surface area contributed by atoms with Gasteiger partial charge in [-0.3, -0.25) is 10.1 Å². The number of carbonyl (C=O) groups is 1. The van der Waals surface area contributed by atoms with Gasteiger partial charge in [0, 0.05) is 13.2 Å². The number of para-hydroxylation sites is 1. The average molecular weight is 271 g/mol. The number of benzene rings is 1. The van der Waals surface area contributed by atoms with E-state index in [0.717, 1.165) is 15.8 Å². The minimum atomic E-state index is -0.135. The van der Waals surface area contributed by atoms with E-state index in [1.165, 1.54) is 11.3 Å². The third-order valence-electron chi connectivity index (χ3n) is 3.02. The first-order chi connectivity index (χ1) is 9.15. The van der Waals surface area contributed by atoms with Gasteiger partial charge in [-0.1, -0.05) is 23.5 Å². The lowest BCUT2D eigenvalue weighted by atomic mass is 10.2. The monoisotopic (exact) mass is 271 g/mol. The molecule has 0 atom stereocenters. The van der Waals surface area contributed by atoms with Gasteiger partial charge in [0.2, 0.25) is 0 Å². The molecule has 0 radical (unpaired) electrons. The summed E-state index contributed by atoms with van der Waals surface area (Å²) in [5, 5.41) is 3.48. The number of nitrogens with one attached hydrogen (secondary N) is 1. The smallest absolute Gasteiger partial charge is 0.274 e. The van der Waals surface area contributed by atoms with E-state index >= 15 is 0 Å². The molecule has 0 saturated heterocycles. The van der Waals surface area contributed by atoms with Crippen LogP contribution in [-0.4, -0.2) is 15.5 Å². The molecule has 2 aromatic heterocycles. The van der Waals surface area contributed by atoms with E-state index in [9.17, 15) is 4.79 Å². The van der Waals surface area contributed by atoms with Gasteiger partial charge in [0.15, 0.2) is 5.13 Å². The highest BCUT2D eigenvalue weighted by atomic mass is 32.1. The molecule has 1 aromatic carbocycles. The van der Waals surface area contributed by atoms with Crippen LogP contribution in [0.25, 0.3) is 10.2 Å². The second-order valence-corrected chi connectivity index (χ2v) is 5.43. The number of carbonyl (C=O) groups excluding carboxylic acids is 1. The number of aryl methyl sites for hydroxylation is 2. The Balaban J connectivity index is 1.92. The van der Waals surface area contributed by atoms with Crippen molar-refractivity contribution in [1.82, 2.24) is 9.55 Å². The van der Waals surface area contributed by atoms with E-state index in [4.69, 9.17) is 0 Å². The van der Waals surface area contributed by atoms with E-state index in [2.05, 4.69) is 10.3 Å². The number of hydrogen-bond donors (Lipinski definition) is 1. The first kappa shape index (κ1) is 11.9. The van der Waals surface area contributed by atoms with Crippen molar-refractivity contribution >= 4 is 32.6 Å². The van der Waals surface area contributed by atoms with Crippen LogP contribution >= 0.6 is 11.3 Å². The number of hydrogen-bond acceptors (Lipinski definition) is 3. The summed E-state index contributed by atoms with van der Waals surface area (Å²) < 4.78 is 2.87. The Kier molecular flexibility index (Phi) is 2.83. The van der Waals surface area contributed by atoms with Crippen LogP contribution in [0.2, 0.25) is 0 Å². The predicted octanol–water partition coefficient (Wildman–Crippen LogP) is 3.20. The van der Waals surface area contributed by atoms with E-state index in [1.807, 2.05) is 44.4 Å². The van der Waals surface area contributed by atoms with Crippen molar-refractivity contribution in [2.24, 2.45) is 7.05 Å². The lowest BCUT2D eigenvalue weighted by molar-refractivity contribution is 0.101. The van der Waals surface area contributed by atoms with Gasteiger partial charge in [0.25, 0.3) is 5.91 Å². The Morgan fingerprint density at radius 2 is 2.16 bits per heavy atom. The van der Waals surface area contributed by atoms with Crippen molar-refractivity contribution < 1.29 is 4.79 Å². The standard InChI is InChI=1S/C14H13N3OS/c1-9-5-3-7-11-12(9)15-14(19-11)16-13(18)10-6-4-8-17(10)2/h3-8H,1-2H3,(H,15,16,18). The van der Waals surface area contributed by atoms with Gasteiger partial charge in [0.05, 0.1) is 10.2 Å². The highest BCUT2D eigenvalue weighted by Crippen LogP contribution is 2.28. The van der Waals surface area contributed by atoms with Crippen LogP contribution in [-0.2, 0) is 7.05 Å². The molecule has 1 N–H and O–H groups in total. The first-order valence-electron chi connectivity index (χ1n) is 5.94. The van der Waals surface area contributed by atoms with E-state index in [0.29, 0.717) is 10.8 Å². The summed E-state index contributed by atoms with van der Waals surface area (Å²) in [4.78, 5) is 16.6. The van der Waals surface area contributed by atoms with Gasteiger partial charge in [-0.25, -0.2) is 4.98 Å². The summed E-state index contributed by atoms with van der Waals surface area (Å²) >= 11 is 1.49.